The number of sulfonamides is 1. The van der Waals surface area contributed by atoms with Gasteiger partial charge in [0.1, 0.15) is 0 Å². The van der Waals surface area contributed by atoms with Gasteiger partial charge in [0, 0.05) is 37.2 Å². The maximum Gasteiger partial charge on any atom is 0.269 e. The molecule has 0 fully saturated rings. The molecular formula is C23H25N3O4S. The van der Waals surface area contributed by atoms with Gasteiger partial charge in [-0.1, -0.05) is 42.5 Å². The summed E-state index contributed by atoms with van der Waals surface area (Å²) < 4.78 is 28.2. The number of hydrogen-bond acceptors (Lipinski definition) is 5. The molecule has 1 heterocycles. The largest absolute Gasteiger partial charge is 0.299 e. The molecule has 0 saturated carbocycles. The second kappa shape index (κ2) is 9.13. The molecule has 162 valence electrons. The van der Waals surface area contributed by atoms with E-state index < -0.39 is 10.0 Å². The summed E-state index contributed by atoms with van der Waals surface area (Å²) in [4.78, 5) is 13.2. The van der Waals surface area contributed by atoms with Crippen LogP contribution in [0.4, 0.5) is 5.69 Å². The van der Waals surface area contributed by atoms with Crippen LogP contribution in [0.3, 0.4) is 0 Å². The molecular weight excluding hydrogens is 414 g/mol. The minimum Gasteiger partial charge on any atom is -0.299 e. The SMILES string of the molecule is O=[N+]([O-])c1ccc2c(c1)CN(CCCCNS(=O)(=O)c1cccc3ccccc13)CC2. The highest BCUT2D eigenvalue weighted by Gasteiger charge is 2.19. The summed E-state index contributed by atoms with van der Waals surface area (Å²) in [5.74, 6) is 0. The van der Waals surface area contributed by atoms with Crippen molar-refractivity contribution in [1.29, 1.82) is 0 Å². The Kier molecular flexibility index (Phi) is 6.31. The highest BCUT2D eigenvalue weighted by Crippen LogP contribution is 2.24. The van der Waals surface area contributed by atoms with Crippen molar-refractivity contribution >= 4 is 26.5 Å². The lowest BCUT2D eigenvalue weighted by molar-refractivity contribution is -0.385. The summed E-state index contributed by atoms with van der Waals surface area (Å²) in [6.45, 7) is 2.81. The Bertz CT molecular complexity index is 1210. The molecule has 0 amide bonds. The van der Waals surface area contributed by atoms with Crippen LogP contribution < -0.4 is 4.72 Å². The number of nitro groups is 1. The van der Waals surface area contributed by atoms with Crippen molar-refractivity contribution in [1.82, 2.24) is 9.62 Å². The Morgan fingerprint density at radius 3 is 2.65 bits per heavy atom. The highest BCUT2D eigenvalue weighted by molar-refractivity contribution is 7.89. The van der Waals surface area contributed by atoms with Gasteiger partial charge in [-0.3, -0.25) is 15.0 Å². The van der Waals surface area contributed by atoms with Crippen LogP contribution in [0.1, 0.15) is 24.0 Å². The summed E-state index contributed by atoms with van der Waals surface area (Å²) in [7, 11) is -3.57. The molecule has 1 aliphatic rings. The molecule has 8 heteroatoms. The van der Waals surface area contributed by atoms with Crippen molar-refractivity contribution < 1.29 is 13.3 Å². The lowest BCUT2D eigenvalue weighted by atomic mass is 9.99. The summed E-state index contributed by atoms with van der Waals surface area (Å²) in [6.07, 6.45) is 2.45. The summed E-state index contributed by atoms with van der Waals surface area (Å²) in [6, 6.07) is 17.8. The average molecular weight is 440 g/mol. The first-order valence-electron chi connectivity index (χ1n) is 10.4. The zero-order valence-electron chi connectivity index (χ0n) is 17.2. The van der Waals surface area contributed by atoms with Gasteiger partial charge >= 0.3 is 0 Å². The minimum absolute atomic E-state index is 0.128. The Hall–Kier alpha value is -2.81. The van der Waals surface area contributed by atoms with Gasteiger partial charge in [0.2, 0.25) is 10.0 Å². The Balaban J connectivity index is 1.29. The van der Waals surface area contributed by atoms with E-state index in [4.69, 9.17) is 0 Å². The van der Waals surface area contributed by atoms with Gasteiger partial charge in [-0.25, -0.2) is 13.1 Å². The number of nitrogens with one attached hydrogen (secondary N) is 1. The maximum absolute atomic E-state index is 12.8. The smallest absolute Gasteiger partial charge is 0.269 e. The number of benzene rings is 3. The van der Waals surface area contributed by atoms with Crippen LogP contribution in [-0.4, -0.2) is 37.9 Å². The number of hydrogen-bond donors (Lipinski definition) is 1. The normalized spacial score (nSPS) is 14.5. The van der Waals surface area contributed by atoms with E-state index in [-0.39, 0.29) is 10.6 Å². The zero-order chi connectivity index (χ0) is 21.8. The van der Waals surface area contributed by atoms with Gasteiger partial charge in [0.05, 0.1) is 9.82 Å². The van der Waals surface area contributed by atoms with Gasteiger partial charge in [0.25, 0.3) is 5.69 Å². The summed E-state index contributed by atoms with van der Waals surface area (Å²) >= 11 is 0. The quantitative estimate of drug-likeness (QED) is 0.327. The molecule has 4 rings (SSSR count). The van der Waals surface area contributed by atoms with Gasteiger partial charge < -0.3 is 0 Å². The standard InChI is InChI=1S/C23H25N3O4S/c27-26(28)21-11-10-18-12-15-25(17-20(18)16-21)14-4-3-13-24-31(29,30)23-9-5-7-19-6-1-2-8-22(19)23/h1-2,5-11,16,24H,3-4,12-15,17H2. The second-order valence-corrected chi connectivity index (χ2v) is 9.55. The van der Waals surface area contributed by atoms with Crippen molar-refractivity contribution in [3.05, 3.63) is 81.9 Å². The lowest BCUT2D eigenvalue weighted by Crippen LogP contribution is -2.32. The molecule has 0 radical (unpaired) electrons. The molecule has 1 N–H and O–H groups in total. The van der Waals surface area contributed by atoms with Crippen molar-refractivity contribution in [2.24, 2.45) is 0 Å². The fourth-order valence-electron chi connectivity index (χ4n) is 4.08. The van der Waals surface area contributed by atoms with E-state index in [0.717, 1.165) is 48.7 Å². The third kappa shape index (κ3) is 4.92. The fourth-order valence-corrected chi connectivity index (χ4v) is 5.38. The molecule has 0 saturated heterocycles. The molecule has 3 aromatic carbocycles. The van der Waals surface area contributed by atoms with Crippen LogP contribution in [0.25, 0.3) is 10.8 Å². The molecule has 3 aromatic rings. The van der Waals surface area contributed by atoms with Crippen LogP contribution in [0.15, 0.2) is 65.6 Å². The van der Waals surface area contributed by atoms with Gasteiger partial charge in [-0.15, -0.1) is 0 Å². The molecule has 0 spiro atoms. The first kappa shape index (κ1) is 21.4. The van der Waals surface area contributed by atoms with E-state index in [9.17, 15) is 18.5 Å². The van der Waals surface area contributed by atoms with Crippen molar-refractivity contribution in [2.75, 3.05) is 19.6 Å². The zero-order valence-corrected chi connectivity index (χ0v) is 18.0. The van der Waals surface area contributed by atoms with Crippen molar-refractivity contribution in [3.8, 4) is 0 Å². The first-order chi connectivity index (χ1) is 14.9. The van der Waals surface area contributed by atoms with E-state index in [2.05, 4.69) is 9.62 Å². The van der Waals surface area contributed by atoms with Crippen LogP contribution >= 0.6 is 0 Å². The maximum atomic E-state index is 12.8. The van der Waals surface area contributed by atoms with E-state index in [1.54, 1.807) is 24.3 Å². The Labute approximate surface area is 181 Å². The molecule has 1 aliphatic heterocycles. The number of nitrogens with zero attached hydrogens (tertiary/aromatic N) is 2. The second-order valence-electron chi connectivity index (χ2n) is 7.82. The number of fused-ring (bicyclic) bond motifs is 2. The highest BCUT2D eigenvalue weighted by atomic mass is 32.2. The number of rotatable bonds is 8. The number of nitro benzene ring substituents is 1. The van der Waals surface area contributed by atoms with Gasteiger partial charge in [-0.2, -0.15) is 0 Å². The van der Waals surface area contributed by atoms with Crippen LogP contribution in [0.5, 0.6) is 0 Å². The van der Waals surface area contributed by atoms with Crippen molar-refractivity contribution in [2.45, 2.75) is 30.7 Å². The third-order valence-electron chi connectivity index (χ3n) is 5.72. The summed E-state index contributed by atoms with van der Waals surface area (Å²) in [5, 5.41) is 12.6. The monoisotopic (exact) mass is 439 g/mol. The predicted molar refractivity (Wildman–Crippen MR) is 120 cm³/mol. The third-order valence-corrected chi connectivity index (χ3v) is 7.24. The fraction of sp³-hybridized carbons (Fsp3) is 0.304. The Morgan fingerprint density at radius 2 is 1.81 bits per heavy atom. The van der Waals surface area contributed by atoms with E-state index in [1.807, 2.05) is 36.4 Å². The van der Waals surface area contributed by atoms with Crippen LogP contribution in [0, 0.1) is 10.1 Å². The predicted octanol–water partition coefficient (Wildman–Crippen LogP) is 3.86. The van der Waals surface area contributed by atoms with E-state index >= 15 is 0 Å². The van der Waals surface area contributed by atoms with Crippen LogP contribution in [-0.2, 0) is 23.0 Å². The molecule has 0 unspecified atom stereocenters. The van der Waals surface area contributed by atoms with E-state index in [0.29, 0.717) is 18.0 Å². The average Bonchev–Trinajstić information content (AvgIpc) is 2.77. The molecule has 7 nitrogen and oxygen atoms in total. The number of non-ortho nitro benzene ring substituents is 1. The Morgan fingerprint density at radius 1 is 1.00 bits per heavy atom. The molecule has 0 atom stereocenters. The van der Waals surface area contributed by atoms with E-state index in [1.165, 1.54) is 5.56 Å². The lowest BCUT2D eigenvalue weighted by Gasteiger charge is -2.28. The molecule has 0 aliphatic carbocycles. The molecule has 31 heavy (non-hydrogen) atoms. The van der Waals surface area contributed by atoms with Crippen molar-refractivity contribution in [3.63, 3.8) is 0 Å². The van der Waals surface area contributed by atoms with Crippen LogP contribution in [0.2, 0.25) is 0 Å². The number of unbranched alkanes of at least 4 members (excludes halogenated alkanes) is 1. The van der Waals surface area contributed by atoms with Gasteiger partial charge in [0.15, 0.2) is 0 Å². The first-order valence-corrected chi connectivity index (χ1v) is 11.9. The molecule has 0 aromatic heterocycles. The molecule has 0 bridgehead atoms. The van der Waals surface area contributed by atoms with Gasteiger partial charge in [-0.05, 0) is 48.4 Å². The topological polar surface area (TPSA) is 92.6 Å². The summed E-state index contributed by atoms with van der Waals surface area (Å²) in [5.41, 5.74) is 2.31. The minimum atomic E-state index is -3.57.